The average molecular weight is 642 g/mol. The van der Waals surface area contributed by atoms with E-state index in [0.717, 1.165) is 60.8 Å². The van der Waals surface area contributed by atoms with Crippen molar-refractivity contribution in [1.29, 1.82) is 0 Å². The molecule has 8 rings (SSSR count). The molecule has 0 amide bonds. The molecule has 0 unspecified atom stereocenters. The SMILES string of the molecule is COc1ccc(C2(c3ccc(OC)cc3)C=Cc3c(c4ccccc4c4c5ccccc5n(-c5cc(C)cc(C(F)(F)F)c5)c34)O2)cc1. The Bertz CT molecular complexity index is 2340. The number of fused-ring (bicyclic) bond motifs is 8. The Balaban J connectivity index is 1.48. The van der Waals surface area contributed by atoms with Gasteiger partial charge in [0.1, 0.15) is 17.2 Å². The minimum absolute atomic E-state index is 0.432. The number of hydrogen-bond acceptors (Lipinski definition) is 3. The maximum Gasteiger partial charge on any atom is 0.416 e. The van der Waals surface area contributed by atoms with Crippen LogP contribution >= 0.6 is 0 Å². The van der Waals surface area contributed by atoms with E-state index >= 15 is 0 Å². The topological polar surface area (TPSA) is 32.6 Å². The number of rotatable bonds is 5. The zero-order chi connectivity index (χ0) is 33.2. The highest BCUT2D eigenvalue weighted by Crippen LogP contribution is 2.51. The van der Waals surface area contributed by atoms with Crippen molar-refractivity contribution in [2.45, 2.75) is 18.7 Å². The van der Waals surface area contributed by atoms with Crippen LogP contribution in [0.1, 0.15) is 27.8 Å². The molecule has 1 aliphatic heterocycles. The van der Waals surface area contributed by atoms with Gasteiger partial charge in [0, 0.05) is 38.5 Å². The molecule has 0 saturated heterocycles. The van der Waals surface area contributed by atoms with Gasteiger partial charge in [0.2, 0.25) is 0 Å². The number of benzene rings is 6. The van der Waals surface area contributed by atoms with Crippen LogP contribution in [0.4, 0.5) is 13.2 Å². The summed E-state index contributed by atoms with van der Waals surface area (Å²) in [5.74, 6) is 2.08. The largest absolute Gasteiger partial charge is 0.497 e. The number of ether oxygens (including phenoxy) is 3. The highest BCUT2D eigenvalue weighted by molar-refractivity contribution is 6.25. The molecule has 1 aliphatic rings. The molecule has 0 bridgehead atoms. The maximum atomic E-state index is 14.1. The first kappa shape index (κ1) is 29.7. The number of alkyl halides is 3. The van der Waals surface area contributed by atoms with E-state index in [-0.39, 0.29) is 0 Å². The van der Waals surface area contributed by atoms with Crippen molar-refractivity contribution in [2.75, 3.05) is 14.2 Å². The third-order valence-electron chi connectivity index (χ3n) is 9.25. The van der Waals surface area contributed by atoms with Crippen LogP contribution in [0.3, 0.4) is 0 Å². The number of hydrogen-bond donors (Lipinski definition) is 0. The zero-order valence-electron chi connectivity index (χ0n) is 26.4. The quantitative estimate of drug-likeness (QED) is 0.188. The number of para-hydroxylation sites is 1. The van der Waals surface area contributed by atoms with E-state index < -0.39 is 17.3 Å². The summed E-state index contributed by atoms with van der Waals surface area (Å²) in [5.41, 5.74) is 3.36. The second-order valence-corrected chi connectivity index (χ2v) is 12.0. The van der Waals surface area contributed by atoms with Gasteiger partial charge >= 0.3 is 6.18 Å². The van der Waals surface area contributed by atoms with Gasteiger partial charge in [0.25, 0.3) is 0 Å². The van der Waals surface area contributed by atoms with Crippen molar-refractivity contribution in [3.8, 4) is 22.9 Å². The summed E-state index contributed by atoms with van der Waals surface area (Å²) in [6.07, 6.45) is -0.407. The van der Waals surface area contributed by atoms with E-state index in [1.807, 2.05) is 102 Å². The fraction of sp³-hybridized carbons (Fsp3) is 0.122. The van der Waals surface area contributed by atoms with E-state index in [4.69, 9.17) is 14.2 Å². The Labute approximate surface area is 275 Å². The molecule has 0 saturated carbocycles. The molecule has 0 fully saturated rings. The molecule has 238 valence electrons. The molecule has 0 aliphatic carbocycles. The maximum absolute atomic E-state index is 14.1. The van der Waals surface area contributed by atoms with Crippen molar-refractivity contribution in [2.24, 2.45) is 0 Å². The van der Waals surface area contributed by atoms with Crippen molar-refractivity contribution in [3.63, 3.8) is 0 Å². The number of aromatic nitrogens is 1. The summed E-state index contributed by atoms with van der Waals surface area (Å²) in [6.45, 7) is 1.69. The van der Waals surface area contributed by atoms with Gasteiger partial charge in [0.15, 0.2) is 5.60 Å². The first-order valence-electron chi connectivity index (χ1n) is 15.6. The third-order valence-corrected chi connectivity index (χ3v) is 9.25. The minimum atomic E-state index is -4.50. The highest BCUT2D eigenvalue weighted by Gasteiger charge is 2.39. The molecular formula is C41H30F3NO3. The predicted molar refractivity (Wildman–Crippen MR) is 184 cm³/mol. The first-order valence-corrected chi connectivity index (χ1v) is 15.6. The lowest BCUT2D eigenvalue weighted by Crippen LogP contribution is -2.34. The Hall–Kier alpha value is -5.69. The number of halogens is 3. The van der Waals surface area contributed by atoms with Crippen molar-refractivity contribution < 1.29 is 27.4 Å². The summed E-state index contributed by atoms with van der Waals surface area (Å²) in [5, 5.41) is 3.74. The van der Waals surface area contributed by atoms with Crippen LogP contribution < -0.4 is 14.2 Å². The molecule has 48 heavy (non-hydrogen) atoms. The van der Waals surface area contributed by atoms with E-state index in [1.165, 1.54) is 12.1 Å². The zero-order valence-corrected chi connectivity index (χ0v) is 26.4. The van der Waals surface area contributed by atoms with Gasteiger partial charge in [-0.15, -0.1) is 0 Å². The molecule has 6 aromatic carbocycles. The summed E-state index contributed by atoms with van der Waals surface area (Å²) >= 11 is 0. The summed E-state index contributed by atoms with van der Waals surface area (Å²) in [4.78, 5) is 0. The van der Waals surface area contributed by atoms with E-state index in [2.05, 4.69) is 12.1 Å². The third kappa shape index (κ3) is 4.53. The second-order valence-electron chi connectivity index (χ2n) is 12.0. The van der Waals surface area contributed by atoms with Gasteiger partial charge in [-0.2, -0.15) is 13.2 Å². The predicted octanol–water partition coefficient (Wildman–Crippen LogP) is 10.6. The van der Waals surface area contributed by atoms with Gasteiger partial charge in [0.05, 0.1) is 30.8 Å². The molecule has 0 spiro atoms. The van der Waals surface area contributed by atoms with E-state index in [1.54, 1.807) is 27.2 Å². The Kier molecular flexibility index (Phi) is 6.77. The van der Waals surface area contributed by atoms with Crippen LogP contribution in [0.2, 0.25) is 0 Å². The van der Waals surface area contributed by atoms with Crippen LogP contribution in [-0.4, -0.2) is 18.8 Å². The molecule has 0 radical (unpaired) electrons. The molecular weight excluding hydrogens is 611 g/mol. The highest BCUT2D eigenvalue weighted by atomic mass is 19.4. The Morgan fingerprint density at radius 3 is 1.88 bits per heavy atom. The van der Waals surface area contributed by atoms with Crippen LogP contribution in [0.15, 0.2) is 121 Å². The van der Waals surface area contributed by atoms with E-state index in [0.29, 0.717) is 17.0 Å². The lowest BCUT2D eigenvalue weighted by Gasteiger charge is -2.37. The van der Waals surface area contributed by atoms with Gasteiger partial charge in [-0.05, 0) is 78.6 Å². The van der Waals surface area contributed by atoms with Gasteiger partial charge in [-0.1, -0.05) is 66.7 Å². The normalized spacial score (nSPS) is 13.9. The molecule has 2 heterocycles. The monoisotopic (exact) mass is 641 g/mol. The fourth-order valence-electron chi connectivity index (χ4n) is 7.06. The van der Waals surface area contributed by atoms with Crippen LogP contribution in [0, 0.1) is 6.92 Å². The van der Waals surface area contributed by atoms with Gasteiger partial charge in [-0.3, -0.25) is 0 Å². The first-order chi connectivity index (χ1) is 23.2. The van der Waals surface area contributed by atoms with Crippen molar-refractivity contribution in [3.05, 3.63) is 149 Å². The lowest BCUT2D eigenvalue weighted by atomic mass is 9.82. The van der Waals surface area contributed by atoms with Crippen LogP contribution in [0.5, 0.6) is 17.2 Å². The standard InChI is InChI=1S/C41H30F3NO3/c1-25-22-28(41(42,43)44)24-29(23-25)45-36-11-7-6-10-34(36)37-32-8-4-5-9-33(32)39-35(38(37)45)20-21-40(48-39,26-12-16-30(46-2)17-13-26)27-14-18-31(47-3)19-15-27/h4-24H,1-3H3. The van der Waals surface area contributed by atoms with Crippen molar-refractivity contribution >= 4 is 38.7 Å². The molecule has 7 aromatic rings. The number of aryl methyl sites for hydroxylation is 1. The van der Waals surface area contributed by atoms with Gasteiger partial charge < -0.3 is 18.8 Å². The molecule has 0 N–H and O–H groups in total. The van der Waals surface area contributed by atoms with Gasteiger partial charge in [-0.25, -0.2) is 0 Å². The van der Waals surface area contributed by atoms with Crippen LogP contribution in [0.25, 0.3) is 44.3 Å². The number of methoxy groups -OCH3 is 2. The fourth-order valence-corrected chi connectivity index (χ4v) is 7.06. The molecule has 4 nitrogen and oxygen atoms in total. The minimum Gasteiger partial charge on any atom is -0.497 e. The molecule has 0 atom stereocenters. The van der Waals surface area contributed by atoms with Crippen molar-refractivity contribution in [1.82, 2.24) is 4.57 Å². The Morgan fingerprint density at radius 1 is 0.688 bits per heavy atom. The Morgan fingerprint density at radius 2 is 1.27 bits per heavy atom. The summed E-state index contributed by atoms with van der Waals surface area (Å²) < 4.78 is 62.6. The number of nitrogens with zero attached hydrogens (tertiary/aromatic N) is 1. The van der Waals surface area contributed by atoms with Crippen LogP contribution in [-0.2, 0) is 11.8 Å². The smallest absolute Gasteiger partial charge is 0.416 e. The molecule has 7 heteroatoms. The molecule has 1 aromatic heterocycles. The summed E-state index contributed by atoms with van der Waals surface area (Å²) in [6, 6.07) is 35.7. The lowest BCUT2D eigenvalue weighted by molar-refractivity contribution is -0.137. The summed E-state index contributed by atoms with van der Waals surface area (Å²) in [7, 11) is 3.26. The average Bonchev–Trinajstić information content (AvgIpc) is 3.46. The second kappa shape index (κ2) is 10.9. The van der Waals surface area contributed by atoms with E-state index in [9.17, 15) is 13.2 Å².